The summed E-state index contributed by atoms with van der Waals surface area (Å²) in [5, 5.41) is 3.24. The number of nitrogens with zero attached hydrogens (tertiary/aromatic N) is 2. The van der Waals surface area contributed by atoms with Gasteiger partial charge in [0.25, 0.3) is 5.91 Å². The molecule has 1 aliphatic heterocycles. The van der Waals surface area contributed by atoms with Crippen LogP contribution in [0.4, 0.5) is 10.1 Å². The molecular formula is C23H26Cl2FN3O3S. The van der Waals surface area contributed by atoms with Gasteiger partial charge in [0.1, 0.15) is 10.7 Å². The average molecular weight is 514 g/mol. The van der Waals surface area contributed by atoms with Crippen molar-refractivity contribution in [3.63, 3.8) is 0 Å². The Kier molecular flexibility index (Phi) is 7.60. The summed E-state index contributed by atoms with van der Waals surface area (Å²) in [6.45, 7) is 1.86. The van der Waals surface area contributed by atoms with Crippen LogP contribution < -0.4 is 5.32 Å². The second kappa shape index (κ2) is 10.3. The van der Waals surface area contributed by atoms with Gasteiger partial charge < -0.3 is 5.32 Å². The molecule has 1 aliphatic carbocycles. The molecule has 2 aromatic carbocycles. The monoisotopic (exact) mass is 513 g/mol. The van der Waals surface area contributed by atoms with Crippen molar-refractivity contribution >= 4 is 44.8 Å². The lowest BCUT2D eigenvalue weighted by Crippen LogP contribution is -2.52. The maximum atomic E-state index is 14.6. The first-order chi connectivity index (χ1) is 15.8. The van der Waals surface area contributed by atoms with E-state index in [2.05, 4.69) is 10.2 Å². The van der Waals surface area contributed by atoms with Crippen LogP contribution in [-0.4, -0.2) is 55.8 Å². The third-order valence-corrected chi connectivity index (χ3v) is 9.01. The van der Waals surface area contributed by atoms with Crippen molar-refractivity contribution in [2.45, 2.75) is 43.0 Å². The topological polar surface area (TPSA) is 69.7 Å². The van der Waals surface area contributed by atoms with Gasteiger partial charge in [-0.05, 0) is 49.2 Å². The summed E-state index contributed by atoms with van der Waals surface area (Å²) in [4.78, 5) is 14.5. The van der Waals surface area contributed by atoms with E-state index in [-0.39, 0.29) is 10.6 Å². The highest BCUT2D eigenvalue weighted by molar-refractivity contribution is 7.89. The zero-order chi connectivity index (χ0) is 23.6. The summed E-state index contributed by atoms with van der Waals surface area (Å²) in [5.74, 6) is -1.46. The molecule has 6 nitrogen and oxygen atoms in total. The van der Waals surface area contributed by atoms with E-state index >= 15 is 0 Å². The number of piperazine rings is 1. The highest BCUT2D eigenvalue weighted by Gasteiger charge is 2.33. The molecule has 1 amide bonds. The Bertz CT molecular complexity index is 1130. The van der Waals surface area contributed by atoms with Gasteiger partial charge in [-0.15, -0.1) is 0 Å². The molecule has 0 unspecified atom stereocenters. The molecule has 0 aromatic heterocycles. The fourth-order valence-electron chi connectivity index (χ4n) is 4.51. The number of benzene rings is 2. The van der Waals surface area contributed by atoms with Crippen LogP contribution in [-0.2, 0) is 10.0 Å². The smallest absolute Gasteiger partial charge is 0.255 e. The van der Waals surface area contributed by atoms with E-state index in [9.17, 15) is 17.6 Å². The number of carbonyl (C=O) groups is 1. The summed E-state index contributed by atoms with van der Waals surface area (Å²) in [7, 11) is -4.07. The summed E-state index contributed by atoms with van der Waals surface area (Å²) in [6, 6.07) is 8.44. The number of hydrogen-bond donors (Lipinski definition) is 1. The first-order valence-electron chi connectivity index (χ1n) is 11.1. The van der Waals surface area contributed by atoms with Gasteiger partial charge in [-0.2, -0.15) is 4.31 Å². The van der Waals surface area contributed by atoms with E-state index in [1.54, 1.807) is 6.07 Å². The second-order valence-electron chi connectivity index (χ2n) is 8.46. The number of sulfonamides is 1. The number of nitrogens with one attached hydrogen (secondary N) is 1. The molecule has 0 radical (unpaired) electrons. The predicted molar refractivity (Wildman–Crippen MR) is 128 cm³/mol. The average Bonchev–Trinajstić information content (AvgIpc) is 2.82. The number of anilines is 1. The third-order valence-electron chi connectivity index (χ3n) is 6.35. The highest BCUT2D eigenvalue weighted by atomic mass is 35.5. The molecule has 1 N–H and O–H groups in total. The number of rotatable bonds is 5. The lowest BCUT2D eigenvalue weighted by atomic mass is 9.94. The standard InChI is InChI=1S/C23H26Cl2FN3O3S/c24-19-8-7-17(15-20(19)25)27-23(30)16-6-9-21(26)22(14-16)33(31,32)29-12-10-28(11-13-29)18-4-2-1-3-5-18/h6-9,14-15,18H,1-5,10-13H2,(H,27,30). The van der Waals surface area contributed by atoms with E-state index < -0.39 is 26.6 Å². The molecule has 1 heterocycles. The van der Waals surface area contributed by atoms with Crippen LogP contribution >= 0.6 is 23.2 Å². The van der Waals surface area contributed by atoms with Crippen molar-refractivity contribution in [3.8, 4) is 0 Å². The Labute approximate surface area is 203 Å². The Morgan fingerprint density at radius 3 is 2.30 bits per heavy atom. The first-order valence-corrected chi connectivity index (χ1v) is 13.3. The van der Waals surface area contributed by atoms with Crippen LogP contribution in [0.5, 0.6) is 0 Å². The zero-order valence-electron chi connectivity index (χ0n) is 18.1. The van der Waals surface area contributed by atoms with Crippen LogP contribution in [0, 0.1) is 5.82 Å². The molecule has 33 heavy (non-hydrogen) atoms. The van der Waals surface area contributed by atoms with Crippen molar-refractivity contribution in [2.24, 2.45) is 0 Å². The lowest BCUT2D eigenvalue weighted by molar-refractivity contribution is 0.102. The SMILES string of the molecule is O=C(Nc1ccc(Cl)c(Cl)c1)c1ccc(F)c(S(=O)(=O)N2CCN(C3CCCCC3)CC2)c1. The summed E-state index contributed by atoms with van der Waals surface area (Å²) in [6.07, 6.45) is 5.99. The number of hydrogen-bond acceptors (Lipinski definition) is 4. The van der Waals surface area contributed by atoms with Crippen LogP contribution in [0.1, 0.15) is 42.5 Å². The maximum absolute atomic E-state index is 14.6. The fourth-order valence-corrected chi connectivity index (χ4v) is 6.32. The van der Waals surface area contributed by atoms with Crippen molar-refractivity contribution < 1.29 is 17.6 Å². The Morgan fingerprint density at radius 1 is 0.939 bits per heavy atom. The van der Waals surface area contributed by atoms with Crippen molar-refractivity contribution in [2.75, 3.05) is 31.5 Å². The van der Waals surface area contributed by atoms with Gasteiger partial charge in [-0.25, -0.2) is 12.8 Å². The molecule has 1 saturated heterocycles. The summed E-state index contributed by atoms with van der Waals surface area (Å²) < 4.78 is 42.3. The van der Waals surface area contributed by atoms with Crippen LogP contribution in [0.2, 0.25) is 10.0 Å². The Hall–Kier alpha value is -1.71. The van der Waals surface area contributed by atoms with E-state index in [1.807, 2.05) is 0 Å². The minimum Gasteiger partial charge on any atom is -0.322 e. The molecule has 10 heteroatoms. The molecule has 178 valence electrons. The Morgan fingerprint density at radius 2 is 1.64 bits per heavy atom. The second-order valence-corrected chi connectivity index (χ2v) is 11.2. The highest BCUT2D eigenvalue weighted by Crippen LogP contribution is 2.28. The molecule has 2 fully saturated rings. The molecule has 0 atom stereocenters. The van der Waals surface area contributed by atoms with Gasteiger partial charge in [-0.1, -0.05) is 42.5 Å². The van der Waals surface area contributed by atoms with Crippen molar-refractivity contribution in [1.29, 1.82) is 0 Å². The molecule has 0 bridgehead atoms. The minimum atomic E-state index is -4.07. The lowest BCUT2D eigenvalue weighted by Gasteiger charge is -2.40. The van der Waals surface area contributed by atoms with Crippen molar-refractivity contribution in [1.82, 2.24) is 9.21 Å². The first kappa shape index (κ1) is 24.4. The van der Waals surface area contributed by atoms with E-state index in [4.69, 9.17) is 23.2 Å². The van der Waals surface area contributed by atoms with Gasteiger partial charge in [0.2, 0.25) is 10.0 Å². The van der Waals surface area contributed by atoms with Gasteiger partial charge >= 0.3 is 0 Å². The number of amides is 1. The van der Waals surface area contributed by atoms with E-state index in [0.717, 1.165) is 25.0 Å². The summed E-state index contributed by atoms with van der Waals surface area (Å²) >= 11 is 11.9. The normalized spacial score (nSPS) is 18.9. The van der Waals surface area contributed by atoms with E-state index in [1.165, 1.54) is 41.8 Å². The zero-order valence-corrected chi connectivity index (χ0v) is 20.4. The quantitative estimate of drug-likeness (QED) is 0.608. The molecule has 0 spiro atoms. The predicted octanol–water partition coefficient (Wildman–Crippen LogP) is 5.02. The van der Waals surface area contributed by atoms with Crippen molar-refractivity contribution in [3.05, 3.63) is 57.8 Å². The molecule has 2 aromatic rings. The molecule has 1 saturated carbocycles. The number of halogens is 3. The van der Waals surface area contributed by atoms with Gasteiger partial charge in [-0.3, -0.25) is 9.69 Å². The van der Waals surface area contributed by atoms with Crippen LogP contribution in [0.3, 0.4) is 0 Å². The van der Waals surface area contributed by atoms with Gasteiger partial charge in [0.05, 0.1) is 10.0 Å². The van der Waals surface area contributed by atoms with Crippen LogP contribution in [0.25, 0.3) is 0 Å². The summed E-state index contributed by atoms with van der Waals surface area (Å²) in [5.41, 5.74) is 0.420. The fraction of sp³-hybridized carbons (Fsp3) is 0.435. The van der Waals surface area contributed by atoms with Crippen LogP contribution in [0.15, 0.2) is 41.3 Å². The molecule has 4 rings (SSSR count). The Balaban J connectivity index is 1.48. The molecular weight excluding hydrogens is 488 g/mol. The van der Waals surface area contributed by atoms with E-state index in [0.29, 0.717) is 42.9 Å². The number of carbonyl (C=O) groups excluding carboxylic acids is 1. The maximum Gasteiger partial charge on any atom is 0.255 e. The van der Waals surface area contributed by atoms with Gasteiger partial charge in [0.15, 0.2) is 0 Å². The van der Waals surface area contributed by atoms with Gasteiger partial charge in [0, 0.05) is 43.5 Å². The molecule has 2 aliphatic rings. The largest absolute Gasteiger partial charge is 0.322 e. The third kappa shape index (κ3) is 5.52. The minimum absolute atomic E-state index is 0.0295.